The van der Waals surface area contributed by atoms with Gasteiger partial charge in [-0.1, -0.05) is 207 Å². The van der Waals surface area contributed by atoms with E-state index in [0.717, 1.165) is 0 Å². The molecule has 0 spiro atoms. The average Bonchev–Trinajstić information content (AvgIpc) is 3.02. The van der Waals surface area contributed by atoms with Gasteiger partial charge in [0, 0.05) is 0 Å². The Kier molecular flexibility index (Phi) is 41.6. The van der Waals surface area contributed by atoms with Gasteiger partial charge < -0.3 is 16.9 Å². The molecule has 0 saturated heterocycles. The molecule has 0 bridgehead atoms. The Labute approximate surface area is 288 Å². The van der Waals surface area contributed by atoms with Crippen molar-refractivity contribution in [2.45, 2.75) is 246 Å². The fourth-order valence-corrected chi connectivity index (χ4v) is 7.29. The van der Waals surface area contributed by atoms with Crippen LogP contribution >= 0.6 is 0 Å². The molecule has 2 heteroatoms. The summed E-state index contributed by atoms with van der Waals surface area (Å²) in [5.41, 5.74) is 0. The molecule has 1 nitrogen and oxygen atoms in total. The first-order valence-corrected chi connectivity index (χ1v) is 21.1. The van der Waals surface area contributed by atoms with Crippen LogP contribution in [0.1, 0.15) is 246 Å². The van der Waals surface area contributed by atoms with Crippen LogP contribution < -0.4 is 12.4 Å². The predicted octanol–water partition coefficient (Wildman–Crippen LogP) is 12.2. The van der Waals surface area contributed by atoms with E-state index >= 15 is 0 Å². The molecule has 0 aliphatic carbocycles. The summed E-state index contributed by atoms with van der Waals surface area (Å²) in [6.07, 6.45) is 49.8. The van der Waals surface area contributed by atoms with Crippen LogP contribution in [0, 0.1) is 0 Å². The Morgan fingerprint density at radius 1 is 0.205 bits per heavy atom. The zero-order valence-corrected chi connectivity index (χ0v) is 32.5. The Morgan fingerprint density at radius 3 is 0.568 bits per heavy atom. The van der Waals surface area contributed by atoms with Crippen molar-refractivity contribution in [3.8, 4) is 0 Å². The first kappa shape index (κ1) is 46.4. The molecule has 0 heterocycles. The highest BCUT2D eigenvalue weighted by Gasteiger charge is 2.25. The van der Waals surface area contributed by atoms with Gasteiger partial charge in [-0.2, -0.15) is 0 Å². The van der Waals surface area contributed by atoms with Gasteiger partial charge in [0.15, 0.2) is 0 Å². The van der Waals surface area contributed by atoms with E-state index in [4.69, 9.17) is 0 Å². The van der Waals surface area contributed by atoms with Gasteiger partial charge >= 0.3 is 0 Å². The number of halogens is 1. The lowest BCUT2D eigenvalue weighted by molar-refractivity contribution is -0.929. The summed E-state index contributed by atoms with van der Waals surface area (Å²) in [5.74, 6) is 0. The zero-order chi connectivity index (χ0) is 31.4. The molecule has 0 amide bonds. The number of hydrogen-bond acceptors (Lipinski definition) is 0. The van der Waals surface area contributed by atoms with Crippen LogP contribution in [0.4, 0.5) is 0 Å². The summed E-state index contributed by atoms with van der Waals surface area (Å²) >= 11 is 0. The smallest absolute Gasteiger partial charge is 0.0786 e. The van der Waals surface area contributed by atoms with Crippen molar-refractivity contribution in [1.82, 2.24) is 0 Å². The van der Waals surface area contributed by atoms with E-state index in [0.29, 0.717) is 0 Å². The topological polar surface area (TPSA) is 0 Å². The van der Waals surface area contributed by atoms with E-state index in [1.807, 2.05) is 0 Å². The van der Waals surface area contributed by atoms with Gasteiger partial charge in [-0.15, -0.1) is 0 Å². The molecule has 0 unspecified atom stereocenters. The molecule has 0 aromatic carbocycles. The molecular formula is C42H88ClN. The normalized spacial score (nSPS) is 11.7. The summed E-state index contributed by atoms with van der Waals surface area (Å²) in [6.45, 7) is 15.3. The Hall–Kier alpha value is 0.250. The van der Waals surface area contributed by atoms with Crippen molar-refractivity contribution in [2.75, 3.05) is 26.2 Å². The maximum Gasteiger partial charge on any atom is 0.0786 e. The Balaban J connectivity index is 0. The minimum Gasteiger partial charge on any atom is -1.00 e. The number of quaternary nitrogens is 1. The van der Waals surface area contributed by atoms with Gasteiger partial charge in [0.25, 0.3) is 0 Å². The maximum absolute atomic E-state index is 2.40. The van der Waals surface area contributed by atoms with Crippen molar-refractivity contribution < 1.29 is 16.9 Å². The van der Waals surface area contributed by atoms with Gasteiger partial charge in [0.1, 0.15) is 0 Å². The molecule has 0 atom stereocenters. The van der Waals surface area contributed by atoms with Crippen LogP contribution in [0.3, 0.4) is 0 Å². The molecule has 0 rings (SSSR count). The first-order chi connectivity index (χ1) is 21.2. The summed E-state index contributed by atoms with van der Waals surface area (Å²) in [6, 6.07) is 0. The highest BCUT2D eigenvalue weighted by Crippen LogP contribution is 2.20. The highest BCUT2D eigenvalue weighted by atomic mass is 35.5. The van der Waals surface area contributed by atoms with E-state index in [1.165, 1.54) is 249 Å². The minimum atomic E-state index is 0. The van der Waals surface area contributed by atoms with Crippen LogP contribution in [0.5, 0.6) is 0 Å². The first-order valence-electron chi connectivity index (χ1n) is 21.1. The number of hydrogen-bond donors (Lipinski definition) is 0. The van der Waals surface area contributed by atoms with Crippen LogP contribution in [0.25, 0.3) is 0 Å². The van der Waals surface area contributed by atoms with Crippen LogP contribution in [0.2, 0.25) is 0 Å². The van der Waals surface area contributed by atoms with E-state index in [-0.39, 0.29) is 12.4 Å². The van der Waals surface area contributed by atoms with Crippen molar-refractivity contribution >= 4 is 0 Å². The molecule has 268 valence electrons. The van der Waals surface area contributed by atoms with E-state index in [9.17, 15) is 0 Å². The standard InChI is InChI=1S/C42H88N.ClH/c1-5-9-13-15-17-19-21-23-25-27-29-31-33-35-37-41-43(39-11-7-3,40-12-8-4)42-38-36-34-32-30-28-26-24-22-20-18-16-14-10-6-2;/h5-42H2,1-4H3;1H/q+1;/p-1. The quantitative estimate of drug-likeness (QED) is 0.0464. The molecule has 44 heavy (non-hydrogen) atoms. The van der Waals surface area contributed by atoms with Gasteiger partial charge in [-0.3, -0.25) is 0 Å². The molecule has 0 aliphatic rings. The number of rotatable bonds is 38. The highest BCUT2D eigenvalue weighted by molar-refractivity contribution is 4.55. The van der Waals surface area contributed by atoms with E-state index in [1.54, 1.807) is 0 Å². The fourth-order valence-electron chi connectivity index (χ4n) is 7.29. The SMILES string of the molecule is CCCCCCCCCCCCCCCCC[N+](CCCC)(CCCC)CCCCCCCCCCCCCCCCC.[Cl-]. The van der Waals surface area contributed by atoms with Crippen molar-refractivity contribution in [3.05, 3.63) is 0 Å². The summed E-state index contributed by atoms with van der Waals surface area (Å²) in [5, 5.41) is 0. The third-order valence-electron chi connectivity index (χ3n) is 10.4. The zero-order valence-electron chi connectivity index (χ0n) is 31.7. The van der Waals surface area contributed by atoms with Crippen molar-refractivity contribution in [1.29, 1.82) is 0 Å². The molecule has 0 N–H and O–H groups in total. The number of unbranched alkanes of at least 4 members (excludes halogenated alkanes) is 30. The lowest BCUT2D eigenvalue weighted by atomic mass is 10.0. The summed E-state index contributed by atoms with van der Waals surface area (Å²) < 4.78 is 1.46. The molecule has 0 saturated carbocycles. The molecular weight excluding hydrogens is 554 g/mol. The van der Waals surface area contributed by atoms with E-state index < -0.39 is 0 Å². The third-order valence-corrected chi connectivity index (χ3v) is 10.4. The van der Waals surface area contributed by atoms with Crippen molar-refractivity contribution in [3.63, 3.8) is 0 Å². The molecule has 0 aromatic heterocycles. The van der Waals surface area contributed by atoms with E-state index in [2.05, 4.69) is 27.7 Å². The second kappa shape index (κ2) is 39.4. The number of nitrogens with zero attached hydrogens (tertiary/aromatic N) is 1. The monoisotopic (exact) mass is 642 g/mol. The second-order valence-electron chi connectivity index (χ2n) is 14.8. The van der Waals surface area contributed by atoms with Crippen LogP contribution in [-0.4, -0.2) is 30.7 Å². The third kappa shape index (κ3) is 33.6. The van der Waals surface area contributed by atoms with Gasteiger partial charge in [-0.25, -0.2) is 0 Å². The molecule has 0 radical (unpaired) electrons. The second-order valence-corrected chi connectivity index (χ2v) is 14.8. The Morgan fingerprint density at radius 2 is 0.364 bits per heavy atom. The maximum atomic E-state index is 2.40. The predicted molar refractivity (Wildman–Crippen MR) is 199 cm³/mol. The molecule has 0 aromatic rings. The van der Waals surface area contributed by atoms with Gasteiger partial charge in [-0.05, 0) is 38.5 Å². The van der Waals surface area contributed by atoms with Crippen LogP contribution in [-0.2, 0) is 0 Å². The lowest BCUT2D eigenvalue weighted by Crippen LogP contribution is -3.00. The van der Waals surface area contributed by atoms with Crippen molar-refractivity contribution in [2.24, 2.45) is 0 Å². The molecule has 0 aliphatic heterocycles. The minimum absolute atomic E-state index is 0. The van der Waals surface area contributed by atoms with Gasteiger partial charge in [0.2, 0.25) is 0 Å². The summed E-state index contributed by atoms with van der Waals surface area (Å²) in [4.78, 5) is 0. The fraction of sp³-hybridized carbons (Fsp3) is 1.00. The average molecular weight is 643 g/mol. The largest absolute Gasteiger partial charge is 1.00 e. The lowest BCUT2D eigenvalue weighted by Gasteiger charge is -2.39. The molecule has 0 fully saturated rings. The summed E-state index contributed by atoms with van der Waals surface area (Å²) in [7, 11) is 0. The Bertz CT molecular complexity index is 448. The van der Waals surface area contributed by atoms with Gasteiger partial charge in [0.05, 0.1) is 26.2 Å². The van der Waals surface area contributed by atoms with Crippen LogP contribution in [0.15, 0.2) is 0 Å².